The van der Waals surface area contributed by atoms with Gasteiger partial charge in [-0.1, -0.05) is 23.7 Å². The van der Waals surface area contributed by atoms with Crippen LogP contribution in [0.3, 0.4) is 0 Å². The van der Waals surface area contributed by atoms with E-state index in [1.807, 2.05) is 0 Å². The number of benzene rings is 2. The first-order valence-electron chi connectivity index (χ1n) is 5.73. The van der Waals surface area contributed by atoms with Gasteiger partial charge in [-0.25, -0.2) is 13.2 Å². The molecule has 0 heterocycles. The fourth-order valence-corrected chi connectivity index (χ4v) is 2.68. The molecule has 0 aliphatic heterocycles. The van der Waals surface area contributed by atoms with Gasteiger partial charge in [0.1, 0.15) is 5.82 Å². The van der Waals surface area contributed by atoms with Crippen LogP contribution < -0.4 is 5.73 Å². The Morgan fingerprint density at radius 1 is 1.10 bits per heavy atom. The molecule has 106 valence electrons. The molecular formula is C14H10BrClF3N. The predicted octanol–water partition coefficient (Wildman–Crippen LogP) is 4.76. The third kappa shape index (κ3) is 3.16. The average Bonchev–Trinajstić information content (AvgIpc) is 2.40. The van der Waals surface area contributed by atoms with E-state index in [0.717, 1.165) is 6.07 Å². The fourth-order valence-electron chi connectivity index (χ4n) is 1.86. The van der Waals surface area contributed by atoms with Gasteiger partial charge in [0.05, 0.1) is 9.50 Å². The lowest BCUT2D eigenvalue weighted by Gasteiger charge is -2.15. The Labute approximate surface area is 127 Å². The minimum atomic E-state index is -0.977. The van der Waals surface area contributed by atoms with E-state index in [-0.39, 0.29) is 9.50 Å². The average molecular weight is 365 g/mol. The van der Waals surface area contributed by atoms with Crippen LogP contribution in [-0.2, 0) is 6.42 Å². The Bertz CT molecular complexity index is 649. The Kier molecular flexibility index (Phi) is 4.73. The van der Waals surface area contributed by atoms with Crippen molar-refractivity contribution in [2.75, 3.05) is 0 Å². The fraction of sp³-hybridized carbons (Fsp3) is 0.143. The van der Waals surface area contributed by atoms with Crippen LogP contribution in [0, 0.1) is 17.5 Å². The standard InChI is InChI=1S/C14H10BrClF3N/c15-13-8(2-4-11(18)14(13)19)12(20)6-7-1-3-10(17)9(16)5-7/h1-5,12H,6,20H2. The van der Waals surface area contributed by atoms with Crippen LogP contribution in [0.2, 0.25) is 5.02 Å². The van der Waals surface area contributed by atoms with E-state index in [2.05, 4.69) is 15.9 Å². The Hall–Kier alpha value is -1.04. The normalized spacial score (nSPS) is 12.5. The zero-order chi connectivity index (χ0) is 14.9. The molecule has 1 atom stereocenters. The minimum Gasteiger partial charge on any atom is -0.324 e. The molecule has 0 fully saturated rings. The second-order valence-corrected chi connectivity index (χ2v) is 5.52. The highest BCUT2D eigenvalue weighted by molar-refractivity contribution is 9.10. The molecule has 1 nitrogen and oxygen atoms in total. The summed E-state index contributed by atoms with van der Waals surface area (Å²) in [6, 6.07) is 6.12. The molecule has 0 aliphatic carbocycles. The zero-order valence-electron chi connectivity index (χ0n) is 10.1. The molecular weight excluding hydrogens is 355 g/mol. The van der Waals surface area contributed by atoms with Crippen LogP contribution in [0.15, 0.2) is 34.8 Å². The van der Waals surface area contributed by atoms with E-state index < -0.39 is 23.5 Å². The second kappa shape index (κ2) is 6.16. The highest BCUT2D eigenvalue weighted by Gasteiger charge is 2.17. The third-order valence-corrected chi connectivity index (χ3v) is 4.00. The van der Waals surface area contributed by atoms with Gasteiger partial charge >= 0.3 is 0 Å². The first kappa shape index (κ1) is 15.4. The molecule has 2 aromatic carbocycles. The second-order valence-electron chi connectivity index (χ2n) is 4.32. The summed E-state index contributed by atoms with van der Waals surface area (Å²) >= 11 is 8.68. The SMILES string of the molecule is NC(Cc1ccc(F)c(Cl)c1)c1ccc(F)c(F)c1Br. The van der Waals surface area contributed by atoms with E-state index in [0.29, 0.717) is 17.5 Å². The van der Waals surface area contributed by atoms with E-state index in [4.69, 9.17) is 17.3 Å². The van der Waals surface area contributed by atoms with E-state index in [1.54, 1.807) is 6.07 Å². The van der Waals surface area contributed by atoms with Crippen molar-refractivity contribution in [1.82, 2.24) is 0 Å². The minimum absolute atomic E-state index is 0.000877. The Morgan fingerprint density at radius 2 is 1.75 bits per heavy atom. The van der Waals surface area contributed by atoms with Crippen molar-refractivity contribution >= 4 is 27.5 Å². The summed E-state index contributed by atoms with van der Waals surface area (Å²) in [5.74, 6) is -2.44. The van der Waals surface area contributed by atoms with Gasteiger partial charge in [-0.05, 0) is 51.7 Å². The molecule has 6 heteroatoms. The van der Waals surface area contributed by atoms with E-state index in [1.165, 1.54) is 18.2 Å². The Morgan fingerprint density at radius 3 is 2.40 bits per heavy atom. The third-order valence-electron chi connectivity index (χ3n) is 2.90. The summed E-state index contributed by atoms with van der Waals surface area (Å²) in [5.41, 5.74) is 7.12. The zero-order valence-corrected chi connectivity index (χ0v) is 12.5. The molecule has 0 amide bonds. The molecule has 0 spiro atoms. The van der Waals surface area contributed by atoms with E-state index >= 15 is 0 Å². The van der Waals surface area contributed by atoms with E-state index in [9.17, 15) is 13.2 Å². The van der Waals surface area contributed by atoms with Gasteiger partial charge in [-0.3, -0.25) is 0 Å². The lowest BCUT2D eigenvalue weighted by Crippen LogP contribution is -2.15. The van der Waals surface area contributed by atoms with Gasteiger partial charge in [0.25, 0.3) is 0 Å². The van der Waals surface area contributed by atoms with Gasteiger partial charge in [0, 0.05) is 6.04 Å². The first-order valence-corrected chi connectivity index (χ1v) is 6.90. The molecule has 0 aliphatic rings. The highest BCUT2D eigenvalue weighted by atomic mass is 79.9. The van der Waals surface area contributed by atoms with Crippen LogP contribution in [0.4, 0.5) is 13.2 Å². The maximum atomic E-state index is 13.5. The van der Waals surface area contributed by atoms with Gasteiger partial charge in [-0.2, -0.15) is 0 Å². The van der Waals surface area contributed by atoms with Crippen LogP contribution >= 0.6 is 27.5 Å². The summed E-state index contributed by atoms with van der Waals surface area (Å²) in [5, 5.41) is -0.000877. The van der Waals surface area contributed by atoms with Crippen molar-refractivity contribution in [2.45, 2.75) is 12.5 Å². The van der Waals surface area contributed by atoms with Crippen molar-refractivity contribution in [2.24, 2.45) is 5.73 Å². The number of halogens is 5. The first-order chi connectivity index (χ1) is 9.40. The molecule has 2 aromatic rings. The highest BCUT2D eigenvalue weighted by Crippen LogP contribution is 2.29. The van der Waals surface area contributed by atoms with Crippen LogP contribution in [0.1, 0.15) is 17.2 Å². The van der Waals surface area contributed by atoms with Gasteiger partial charge in [0.2, 0.25) is 0 Å². The maximum Gasteiger partial charge on any atom is 0.173 e. The molecule has 0 radical (unpaired) electrons. The summed E-state index contributed by atoms with van der Waals surface area (Å²) in [6.45, 7) is 0. The van der Waals surface area contributed by atoms with Crippen molar-refractivity contribution in [3.05, 3.63) is 68.4 Å². The lowest BCUT2D eigenvalue weighted by atomic mass is 9.99. The summed E-state index contributed by atoms with van der Waals surface area (Å²) in [4.78, 5) is 0. The van der Waals surface area contributed by atoms with Crippen molar-refractivity contribution in [3.63, 3.8) is 0 Å². The van der Waals surface area contributed by atoms with Gasteiger partial charge in [0.15, 0.2) is 11.6 Å². The molecule has 1 unspecified atom stereocenters. The molecule has 0 aromatic heterocycles. The number of nitrogens with two attached hydrogens (primary N) is 1. The van der Waals surface area contributed by atoms with Crippen LogP contribution in [-0.4, -0.2) is 0 Å². The van der Waals surface area contributed by atoms with Crippen molar-refractivity contribution < 1.29 is 13.2 Å². The Balaban J connectivity index is 2.26. The molecule has 2 rings (SSSR count). The van der Waals surface area contributed by atoms with Crippen molar-refractivity contribution in [1.29, 1.82) is 0 Å². The molecule has 2 N–H and O–H groups in total. The lowest BCUT2D eigenvalue weighted by molar-refractivity contribution is 0.500. The van der Waals surface area contributed by atoms with Crippen LogP contribution in [0.5, 0.6) is 0 Å². The number of hydrogen-bond donors (Lipinski definition) is 1. The van der Waals surface area contributed by atoms with Gasteiger partial charge < -0.3 is 5.73 Å². The molecule has 0 saturated carbocycles. The molecule has 0 saturated heterocycles. The number of rotatable bonds is 3. The van der Waals surface area contributed by atoms with Crippen molar-refractivity contribution in [3.8, 4) is 0 Å². The smallest absolute Gasteiger partial charge is 0.173 e. The predicted molar refractivity (Wildman–Crippen MR) is 76.1 cm³/mol. The van der Waals surface area contributed by atoms with Gasteiger partial charge in [-0.15, -0.1) is 0 Å². The molecule has 20 heavy (non-hydrogen) atoms. The summed E-state index contributed by atoms with van der Waals surface area (Å²) in [6.07, 6.45) is 0.323. The summed E-state index contributed by atoms with van der Waals surface area (Å²) in [7, 11) is 0. The summed E-state index contributed by atoms with van der Waals surface area (Å²) < 4.78 is 39.6. The topological polar surface area (TPSA) is 26.0 Å². The largest absolute Gasteiger partial charge is 0.324 e. The quantitative estimate of drug-likeness (QED) is 0.781. The number of hydrogen-bond acceptors (Lipinski definition) is 1. The van der Waals surface area contributed by atoms with Crippen LogP contribution in [0.25, 0.3) is 0 Å². The monoisotopic (exact) mass is 363 g/mol. The molecule has 0 bridgehead atoms. The maximum absolute atomic E-state index is 13.5.